The summed E-state index contributed by atoms with van der Waals surface area (Å²) in [4.78, 5) is 25.2. The van der Waals surface area contributed by atoms with Crippen LogP contribution in [0, 0.1) is 0 Å². The van der Waals surface area contributed by atoms with Crippen molar-refractivity contribution in [1.29, 1.82) is 0 Å². The van der Waals surface area contributed by atoms with Crippen LogP contribution in [0.5, 0.6) is 11.5 Å². The normalized spacial score (nSPS) is 10.3. The average Bonchev–Trinajstić information content (AvgIpc) is 2.82. The molecule has 3 aromatic carbocycles. The number of ether oxygens (including phenoxy) is 2. The molecule has 0 heterocycles. The first-order chi connectivity index (χ1) is 15.6. The summed E-state index contributed by atoms with van der Waals surface area (Å²) in [5, 5.41) is 5.86. The van der Waals surface area contributed by atoms with Crippen LogP contribution in [0.2, 0.25) is 0 Å². The first-order valence-electron chi connectivity index (χ1n) is 10.7. The molecule has 3 rings (SSSR count). The standard InChI is InChI=1S/C26H28N2O4/c1-3-31-23-14-7-5-12-21(23)25(29)27-17-19-10-9-11-20(16-19)18-28-26(30)22-13-6-8-15-24(22)32-4-2/h5-16H,3-4,17-18H2,1-2H3,(H,27,29)(H,28,30). The van der Waals surface area contributed by atoms with Crippen LogP contribution in [-0.2, 0) is 13.1 Å². The minimum absolute atomic E-state index is 0.194. The molecule has 32 heavy (non-hydrogen) atoms. The molecule has 6 nitrogen and oxygen atoms in total. The van der Waals surface area contributed by atoms with Crippen molar-refractivity contribution in [3.63, 3.8) is 0 Å². The van der Waals surface area contributed by atoms with Gasteiger partial charge in [-0.3, -0.25) is 9.59 Å². The lowest BCUT2D eigenvalue weighted by atomic mass is 10.1. The van der Waals surface area contributed by atoms with E-state index in [9.17, 15) is 9.59 Å². The van der Waals surface area contributed by atoms with Crippen molar-refractivity contribution in [2.75, 3.05) is 13.2 Å². The topological polar surface area (TPSA) is 76.7 Å². The second kappa shape index (κ2) is 11.6. The van der Waals surface area contributed by atoms with Gasteiger partial charge in [-0.25, -0.2) is 0 Å². The fraction of sp³-hybridized carbons (Fsp3) is 0.231. The molecule has 166 valence electrons. The highest BCUT2D eigenvalue weighted by atomic mass is 16.5. The third kappa shape index (κ3) is 6.11. The van der Waals surface area contributed by atoms with Gasteiger partial charge in [-0.2, -0.15) is 0 Å². The summed E-state index contributed by atoms with van der Waals surface area (Å²) >= 11 is 0. The lowest BCUT2D eigenvalue weighted by Gasteiger charge is -2.12. The van der Waals surface area contributed by atoms with E-state index < -0.39 is 0 Å². The zero-order valence-electron chi connectivity index (χ0n) is 18.4. The Morgan fingerprint density at radius 2 is 1.09 bits per heavy atom. The Balaban J connectivity index is 1.59. The van der Waals surface area contributed by atoms with E-state index in [0.29, 0.717) is 48.9 Å². The minimum atomic E-state index is -0.194. The van der Waals surface area contributed by atoms with Gasteiger partial charge in [-0.05, 0) is 49.2 Å². The Labute approximate surface area is 188 Å². The molecule has 0 unspecified atom stereocenters. The highest BCUT2D eigenvalue weighted by Gasteiger charge is 2.13. The predicted octanol–water partition coefficient (Wildman–Crippen LogP) is 4.34. The molecule has 0 spiro atoms. The molecule has 0 radical (unpaired) electrons. The van der Waals surface area contributed by atoms with E-state index >= 15 is 0 Å². The van der Waals surface area contributed by atoms with Gasteiger partial charge in [0.15, 0.2) is 0 Å². The Hall–Kier alpha value is -3.80. The first-order valence-corrected chi connectivity index (χ1v) is 10.7. The zero-order chi connectivity index (χ0) is 22.8. The monoisotopic (exact) mass is 432 g/mol. The highest BCUT2D eigenvalue weighted by molar-refractivity contribution is 5.97. The van der Waals surface area contributed by atoms with Crippen LogP contribution < -0.4 is 20.1 Å². The fourth-order valence-electron chi connectivity index (χ4n) is 3.28. The van der Waals surface area contributed by atoms with Gasteiger partial charge in [0, 0.05) is 13.1 Å². The van der Waals surface area contributed by atoms with E-state index in [1.807, 2.05) is 62.4 Å². The van der Waals surface area contributed by atoms with Crippen LogP contribution in [0.25, 0.3) is 0 Å². The lowest BCUT2D eigenvalue weighted by molar-refractivity contribution is 0.0939. The molecule has 0 saturated heterocycles. The van der Waals surface area contributed by atoms with Crippen LogP contribution >= 0.6 is 0 Å². The van der Waals surface area contributed by atoms with E-state index in [2.05, 4.69) is 10.6 Å². The second-order valence-corrected chi connectivity index (χ2v) is 7.04. The van der Waals surface area contributed by atoms with Gasteiger partial charge < -0.3 is 20.1 Å². The molecule has 3 aromatic rings. The van der Waals surface area contributed by atoms with Gasteiger partial charge in [0.25, 0.3) is 11.8 Å². The molecule has 0 aliphatic carbocycles. The van der Waals surface area contributed by atoms with Crippen molar-refractivity contribution in [1.82, 2.24) is 10.6 Å². The molecular formula is C26H28N2O4. The number of amides is 2. The van der Waals surface area contributed by atoms with E-state index in [4.69, 9.17) is 9.47 Å². The molecule has 2 N–H and O–H groups in total. The smallest absolute Gasteiger partial charge is 0.255 e. The zero-order valence-corrected chi connectivity index (χ0v) is 18.4. The Bertz CT molecular complexity index is 984. The summed E-state index contributed by atoms with van der Waals surface area (Å²) in [6.45, 7) is 5.49. The van der Waals surface area contributed by atoms with Crippen LogP contribution in [0.15, 0.2) is 72.8 Å². The maximum absolute atomic E-state index is 12.6. The number of nitrogens with one attached hydrogen (secondary N) is 2. The van der Waals surface area contributed by atoms with Crippen LogP contribution in [-0.4, -0.2) is 25.0 Å². The van der Waals surface area contributed by atoms with Crippen molar-refractivity contribution < 1.29 is 19.1 Å². The van der Waals surface area contributed by atoms with Crippen LogP contribution in [0.3, 0.4) is 0 Å². The molecule has 0 aliphatic rings. The lowest BCUT2D eigenvalue weighted by Crippen LogP contribution is -2.24. The maximum Gasteiger partial charge on any atom is 0.255 e. The molecule has 0 saturated carbocycles. The van der Waals surface area contributed by atoms with Crippen LogP contribution in [0.1, 0.15) is 45.7 Å². The van der Waals surface area contributed by atoms with Crippen LogP contribution in [0.4, 0.5) is 0 Å². The van der Waals surface area contributed by atoms with Gasteiger partial charge in [0.05, 0.1) is 24.3 Å². The van der Waals surface area contributed by atoms with Gasteiger partial charge in [-0.1, -0.05) is 48.5 Å². The van der Waals surface area contributed by atoms with E-state index in [-0.39, 0.29) is 11.8 Å². The van der Waals surface area contributed by atoms with Crippen molar-refractivity contribution in [3.8, 4) is 11.5 Å². The van der Waals surface area contributed by atoms with E-state index in [1.165, 1.54) is 0 Å². The number of carbonyl (C=O) groups excluding carboxylic acids is 2. The molecule has 0 atom stereocenters. The number of para-hydroxylation sites is 2. The Kier molecular flexibility index (Phi) is 8.26. The third-order valence-corrected chi connectivity index (χ3v) is 4.76. The average molecular weight is 433 g/mol. The van der Waals surface area contributed by atoms with Crippen molar-refractivity contribution in [2.24, 2.45) is 0 Å². The largest absolute Gasteiger partial charge is 0.493 e. The van der Waals surface area contributed by atoms with Gasteiger partial charge in [0.1, 0.15) is 11.5 Å². The SMILES string of the molecule is CCOc1ccccc1C(=O)NCc1cccc(CNC(=O)c2ccccc2OCC)c1. The number of hydrogen-bond donors (Lipinski definition) is 2. The molecule has 0 fully saturated rings. The first kappa shape index (κ1) is 22.9. The summed E-state index contributed by atoms with van der Waals surface area (Å²) in [6.07, 6.45) is 0. The maximum atomic E-state index is 12.6. The Morgan fingerprint density at radius 1 is 0.656 bits per heavy atom. The number of rotatable bonds is 10. The van der Waals surface area contributed by atoms with E-state index in [1.54, 1.807) is 24.3 Å². The minimum Gasteiger partial charge on any atom is -0.493 e. The summed E-state index contributed by atoms with van der Waals surface area (Å²) in [7, 11) is 0. The molecule has 0 aliphatic heterocycles. The molecule has 0 aromatic heterocycles. The molecule has 2 amide bonds. The Morgan fingerprint density at radius 3 is 1.53 bits per heavy atom. The number of carbonyl (C=O) groups is 2. The quantitative estimate of drug-likeness (QED) is 0.500. The van der Waals surface area contributed by atoms with Crippen molar-refractivity contribution in [3.05, 3.63) is 95.1 Å². The highest BCUT2D eigenvalue weighted by Crippen LogP contribution is 2.19. The van der Waals surface area contributed by atoms with Crippen molar-refractivity contribution >= 4 is 11.8 Å². The summed E-state index contributed by atoms with van der Waals surface area (Å²) in [5.41, 5.74) is 2.89. The summed E-state index contributed by atoms with van der Waals surface area (Å²) in [6, 6.07) is 22.1. The van der Waals surface area contributed by atoms with Gasteiger partial charge in [0.2, 0.25) is 0 Å². The molecule has 0 bridgehead atoms. The molecule has 6 heteroatoms. The van der Waals surface area contributed by atoms with E-state index in [0.717, 1.165) is 11.1 Å². The number of benzene rings is 3. The predicted molar refractivity (Wildman–Crippen MR) is 124 cm³/mol. The van der Waals surface area contributed by atoms with Gasteiger partial charge >= 0.3 is 0 Å². The van der Waals surface area contributed by atoms with Crippen molar-refractivity contribution in [2.45, 2.75) is 26.9 Å². The summed E-state index contributed by atoms with van der Waals surface area (Å²) < 4.78 is 11.1. The molecular weight excluding hydrogens is 404 g/mol. The third-order valence-electron chi connectivity index (χ3n) is 4.76. The summed E-state index contributed by atoms with van der Waals surface area (Å²) in [5.74, 6) is 0.744. The fourth-order valence-corrected chi connectivity index (χ4v) is 3.28. The van der Waals surface area contributed by atoms with Gasteiger partial charge in [-0.15, -0.1) is 0 Å². The second-order valence-electron chi connectivity index (χ2n) is 7.04. The number of hydrogen-bond acceptors (Lipinski definition) is 4.